The van der Waals surface area contributed by atoms with E-state index in [1.165, 1.54) is 37.9 Å². The van der Waals surface area contributed by atoms with Crippen LogP contribution in [-0.2, 0) is 4.79 Å². The number of amides is 1. The molecule has 20 heavy (non-hydrogen) atoms. The van der Waals surface area contributed by atoms with Crippen molar-refractivity contribution in [1.29, 1.82) is 0 Å². The van der Waals surface area contributed by atoms with Crippen molar-refractivity contribution in [2.75, 3.05) is 13.6 Å². The molecule has 2 aliphatic carbocycles. The fourth-order valence-electron chi connectivity index (χ4n) is 5.91. The van der Waals surface area contributed by atoms with Gasteiger partial charge in [-0.3, -0.25) is 9.69 Å². The summed E-state index contributed by atoms with van der Waals surface area (Å²) in [6.07, 6.45) is 8.23. The van der Waals surface area contributed by atoms with Crippen molar-refractivity contribution in [3.05, 3.63) is 11.3 Å². The summed E-state index contributed by atoms with van der Waals surface area (Å²) in [5, 5.41) is 3.22. The zero-order chi connectivity index (χ0) is 13.9. The third-order valence-corrected chi connectivity index (χ3v) is 6.48. The van der Waals surface area contributed by atoms with E-state index in [0.717, 1.165) is 30.6 Å². The zero-order valence-corrected chi connectivity index (χ0v) is 12.7. The maximum Gasteiger partial charge on any atom is 0.224 e. The molecule has 0 aromatic carbocycles. The Bertz CT molecular complexity index is 483. The molecule has 3 nitrogen and oxygen atoms in total. The molecular formula is C17H26N2O. The van der Waals surface area contributed by atoms with Crippen LogP contribution in [0, 0.1) is 17.8 Å². The molecule has 2 fully saturated rings. The van der Waals surface area contributed by atoms with Gasteiger partial charge in [-0.1, -0.05) is 6.92 Å². The summed E-state index contributed by atoms with van der Waals surface area (Å²) in [7, 11) is 2.33. The van der Waals surface area contributed by atoms with E-state index in [-0.39, 0.29) is 11.4 Å². The maximum atomic E-state index is 11.8. The van der Waals surface area contributed by atoms with Crippen LogP contribution in [0.25, 0.3) is 0 Å². The van der Waals surface area contributed by atoms with Crippen LogP contribution >= 0.6 is 0 Å². The summed E-state index contributed by atoms with van der Waals surface area (Å²) in [5.74, 6) is 2.69. The minimum absolute atomic E-state index is 0.239. The van der Waals surface area contributed by atoms with Crippen molar-refractivity contribution in [3.63, 3.8) is 0 Å². The van der Waals surface area contributed by atoms with Gasteiger partial charge in [0.15, 0.2) is 0 Å². The van der Waals surface area contributed by atoms with Crippen LogP contribution in [0.1, 0.15) is 51.9 Å². The number of carbonyl (C=O) groups is 1. The average molecular weight is 274 g/mol. The second-order valence-electron chi connectivity index (χ2n) is 7.61. The average Bonchev–Trinajstić information content (AvgIpc) is 2.39. The number of nitrogens with one attached hydrogen (secondary N) is 1. The molecule has 4 rings (SSSR count). The third kappa shape index (κ3) is 1.59. The van der Waals surface area contributed by atoms with E-state index >= 15 is 0 Å². The summed E-state index contributed by atoms with van der Waals surface area (Å²) < 4.78 is 0. The second-order valence-corrected chi connectivity index (χ2v) is 7.61. The Balaban J connectivity index is 1.85. The van der Waals surface area contributed by atoms with Crippen LogP contribution in [-0.4, -0.2) is 29.9 Å². The van der Waals surface area contributed by atoms with Gasteiger partial charge in [0.05, 0.1) is 0 Å². The standard InChI is InChI=1S/C17H26N2O/c1-11-8-12-9-15-14(5-6-16(20)18-15)17(10-11)13(12)4-3-7-19(17)2/h11-13H,3-10H2,1-2H3,(H,18,20)/t11?,12-,13+,17+/m0/s1. The third-order valence-electron chi connectivity index (χ3n) is 6.48. The van der Waals surface area contributed by atoms with Gasteiger partial charge in [-0.25, -0.2) is 0 Å². The highest BCUT2D eigenvalue weighted by molar-refractivity contribution is 5.80. The quantitative estimate of drug-likeness (QED) is 0.736. The van der Waals surface area contributed by atoms with Crippen molar-refractivity contribution in [3.8, 4) is 0 Å². The molecule has 0 aromatic heterocycles. The highest BCUT2D eigenvalue weighted by Gasteiger charge is 2.57. The fraction of sp³-hybridized carbons (Fsp3) is 0.824. The molecule has 1 saturated carbocycles. The first kappa shape index (κ1) is 12.9. The number of hydrogen-bond acceptors (Lipinski definition) is 2. The highest BCUT2D eigenvalue weighted by atomic mass is 16.1. The molecular weight excluding hydrogens is 248 g/mol. The molecule has 2 bridgehead atoms. The largest absolute Gasteiger partial charge is 0.330 e. The summed E-state index contributed by atoms with van der Waals surface area (Å²) in [6, 6.07) is 0. The number of hydrogen-bond donors (Lipinski definition) is 1. The van der Waals surface area contributed by atoms with Crippen LogP contribution < -0.4 is 5.32 Å². The number of rotatable bonds is 0. The van der Waals surface area contributed by atoms with Crippen molar-refractivity contribution < 1.29 is 4.79 Å². The van der Waals surface area contributed by atoms with Gasteiger partial charge >= 0.3 is 0 Å². The van der Waals surface area contributed by atoms with E-state index in [1.807, 2.05) is 0 Å². The van der Waals surface area contributed by atoms with Crippen LogP contribution in [0.4, 0.5) is 0 Å². The monoisotopic (exact) mass is 274 g/mol. The summed E-state index contributed by atoms with van der Waals surface area (Å²) >= 11 is 0. The van der Waals surface area contributed by atoms with E-state index in [4.69, 9.17) is 0 Å². The van der Waals surface area contributed by atoms with Gasteiger partial charge in [0, 0.05) is 17.7 Å². The topological polar surface area (TPSA) is 32.3 Å². The lowest BCUT2D eigenvalue weighted by Gasteiger charge is -2.62. The molecule has 1 saturated heterocycles. The van der Waals surface area contributed by atoms with Crippen molar-refractivity contribution in [2.45, 2.75) is 57.4 Å². The highest BCUT2D eigenvalue weighted by Crippen LogP contribution is 2.58. The van der Waals surface area contributed by atoms with Crippen LogP contribution in [0.3, 0.4) is 0 Å². The van der Waals surface area contributed by atoms with E-state index in [9.17, 15) is 4.79 Å². The maximum absolute atomic E-state index is 11.8. The Morgan fingerprint density at radius 1 is 1.35 bits per heavy atom. The van der Waals surface area contributed by atoms with Crippen LogP contribution in [0.2, 0.25) is 0 Å². The van der Waals surface area contributed by atoms with Crippen molar-refractivity contribution in [2.24, 2.45) is 17.8 Å². The lowest BCUT2D eigenvalue weighted by Crippen LogP contribution is -2.64. The van der Waals surface area contributed by atoms with Crippen molar-refractivity contribution in [1.82, 2.24) is 10.2 Å². The Labute approximate surface area is 121 Å². The molecule has 4 aliphatic rings. The fourth-order valence-corrected chi connectivity index (χ4v) is 5.91. The predicted molar refractivity (Wildman–Crippen MR) is 79.0 cm³/mol. The van der Waals surface area contributed by atoms with Crippen molar-refractivity contribution >= 4 is 5.91 Å². The van der Waals surface area contributed by atoms with E-state index < -0.39 is 0 Å². The normalized spacial score (nSPS) is 44.7. The minimum Gasteiger partial charge on any atom is -0.330 e. The van der Waals surface area contributed by atoms with Gasteiger partial charge in [0.2, 0.25) is 5.91 Å². The van der Waals surface area contributed by atoms with Gasteiger partial charge in [-0.15, -0.1) is 0 Å². The first-order chi connectivity index (χ1) is 9.61. The molecule has 1 amide bonds. The van der Waals surface area contributed by atoms with E-state index in [2.05, 4.69) is 24.2 Å². The Kier molecular flexibility index (Phi) is 2.79. The number of likely N-dealkylation sites (N-methyl/N-ethyl adjacent to an activating group) is 1. The van der Waals surface area contributed by atoms with Gasteiger partial charge in [0.25, 0.3) is 0 Å². The number of piperidine rings is 1. The van der Waals surface area contributed by atoms with Gasteiger partial charge in [0.1, 0.15) is 0 Å². The smallest absolute Gasteiger partial charge is 0.224 e. The molecule has 4 atom stereocenters. The number of allylic oxidation sites excluding steroid dienone is 1. The molecule has 0 radical (unpaired) electrons. The Morgan fingerprint density at radius 2 is 2.20 bits per heavy atom. The SMILES string of the molecule is CC1C[C@H]2CC3=C(CCC(=O)N3)[C@@]3(C1)[C@@H]2CCCN3C. The van der Waals surface area contributed by atoms with Gasteiger partial charge in [-0.2, -0.15) is 0 Å². The Morgan fingerprint density at radius 3 is 3.05 bits per heavy atom. The van der Waals surface area contributed by atoms with Gasteiger partial charge < -0.3 is 5.32 Å². The first-order valence-corrected chi connectivity index (χ1v) is 8.35. The summed E-state index contributed by atoms with van der Waals surface area (Å²) in [5.41, 5.74) is 3.19. The molecule has 0 aromatic rings. The predicted octanol–water partition coefficient (Wildman–Crippen LogP) is 2.68. The molecule has 3 heteroatoms. The number of nitrogens with zero attached hydrogens (tertiary/aromatic N) is 1. The first-order valence-electron chi connectivity index (χ1n) is 8.35. The zero-order valence-electron chi connectivity index (χ0n) is 12.7. The van der Waals surface area contributed by atoms with E-state index in [0.29, 0.717) is 6.42 Å². The minimum atomic E-state index is 0.239. The molecule has 0 spiro atoms. The Hall–Kier alpha value is -0.830. The number of likely N-dealkylation sites (tertiary alicyclic amines) is 1. The lowest BCUT2D eigenvalue weighted by molar-refractivity contribution is -0.122. The molecule has 110 valence electrons. The lowest BCUT2D eigenvalue weighted by atomic mass is 9.52. The summed E-state index contributed by atoms with van der Waals surface area (Å²) in [6.45, 7) is 3.65. The molecule has 1 unspecified atom stereocenters. The van der Waals surface area contributed by atoms with Crippen LogP contribution in [0.5, 0.6) is 0 Å². The van der Waals surface area contributed by atoms with E-state index in [1.54, 1.807) is 5.57 Å². The molecule has 2 heterocycles. The van der Waals surface area contributed by atoms with Crippen LogP contribution in [0.15, 0.2) is 11.3 Å². The molecule has 2 aliphatic heterocycles. The second kappa shape index (κ2) is 4.33. The van der Waals surface area contributed by atoms with Gasteiger partial charge in [-0.05, 0) is 75.4 Å². The number of carbonyl (C=O) groups excluding carboxylic acids is 1. The summed E-state index contributed by atoms with van der Waals surface area (Å²) in [4.78, 5) is 14.4. The molecule has 1 N–H and O–H groups in total.